The van der Waals surface area contributed by atoms with Gasteiger partial charge in [-0.2, -0.15) is 0 Å². The van der Waals surface area contributed by atoms with Crippen LogP contribution in [0.25, 0.3) is 0 Å². The Morgan fingerprint density at radius 3 is 2.93 bits per heavy atom. The van der Waals surface area contributed by atoms with Crippen molar-refractivity contribution in [2.75, 3.05) is 33.4 Å². The molecule has 1 saturated heterocycles. The van der Waals surface area contributed by atoms with Crippen molar-refractivity contribution in [2.24, 2.45) is 10.9 Å². The minimum Gasteiger partial charge on any atom is -0.381 e. The third-order valence-electron chi connectivity index (χ3n) is 2.25. The van der Waals surface area contributed by atoms with Crippen molar-refractivity contribution >= 4 is 21.9 Å². The molecule has 1 atom stereocenters. The van der Waals surface area contributed by atoms with Gasteiger partial charge in [0, 0.05) is 37.1 Å². The van der Waals surface area contributed by atoms with Crippen LogP contribution < -0.4 is 10.6 Å². The summed E-state index contributed by atoms with van der Waals surface area (Å²) in [5, 5.41) is 6.41. The van der Waals surface area contributed by atoms with Crippen LogP contribution in [-0.4, -0.2) is 39.3 Å². The van der Waals surface area contributed by atoms with Crippen LogP contribution >= 0.6 is 15.9 Å². The minimum absolute atomic E-state index is 0.607. The Balaban J connectivity index is 2.18. The van der Waals surface area contributed by atoms with Gasteiger partial charge in [0.15, 0.2) is 5.96 Å². The summed E-state index contributed by atoms with van der Waals surface area (Å²) in [5.41, 5.74) is 0. The van der Waals surface area contributed by atoms with E-state index in [4.69, 9.17) is 4.74 Å². The molecule has 0 aromatic heterocycles. The number of hydrogen-bond acceptors (Lipinski definition) is 2. The van der Waals surface area contributed by atoms with E-state index in [1.807, 2.05) is 0 Å². The lowest BCUT2D eigenvalue weighted by Gasteiger charge is -2.13. The van der Waals surface area contributed by atoms with Crippen LogP contribution in [0.2, 0.25) is 0 Å². The van der Waals surface area contributed by atoms with Crippen LogP contribution in [0.3, 0.4) is 0 Å². The highest BCUT2D eigenvalue weighted by Crippen LogP contribution is 2.10. The van der Waals surface area contributed by atoms with E-state index in [1.165, 1.54) is 0 Å². The highest BCUT2D eigenvalue weighted by Gasteiger charge is 2.15. The molecule has 0 spiro atoms. The fourth-order valence-electron chi connectivity index (χ4n) is 1.39. The predicted octanol–water partition coefficient (Wildman–Crippen LogP) is 1.10. The van der Waals surface area contributed by atoms with E-state index in [9.17, 15) is 0 Å². The van der Waals surface area contributed by atoms with E-state index in [2.05, 4.69) is 38.1 Å². The van der Waals surface area contributed by atoms with Gasteiger partial charge in [-0.1, -0.05) is 22.5 Å². The fraction of sp³-hybridized carbons (Fsp3) is 0.700. The number of hydrogen-bond donors (Lipinski definition) is 2. The lowest BCUT2D eigenvalue weighted by molar-refractivity contribution is 0.186. The second-order valence-corrected chi connectivity index (χ2v) is 4.68. The Kier molecular flexibility index (Phi) is 5.71. The molecular weight excluding hydrogens is 258 g/mol. The van der Waals surface area contributed by atoms with Crippen molar-refractivity contribution in [3.8, 4) is 0 Å². The van der Waals surface area contributed by atoms with E-state index < -0.39 is 0 Å². The predicted molar refractivity (Wildman–Crippen MR) is 66.4 cm³/mol. The zero-order chi connectivity index (χ0) is 11.1. The molecule has 1 rings (SSSR count). The van der Waals surface area contributed by atoms with E-state index in [-0.39, 0.29) is 0 Å². The van der Waals surface area contributed by atoms with Gasteiger partial charge in [0.1, 0.15) is 0 Å². The molecule has 0 bridgehead atoms. The number of aliphatic imine (C=N–C) groups is 1. The first-order valence-electron chi connectivity index (χ1n) is 5.08. The van der Waals surface area contributed by atoms with E-state index in [0.717, 1.165) is 36.6 Å². The summed E-state index contributed by atoms with van der Waals surface area (Å²) in [6.45, 7) is 7.08. The van der Waals surface area contributed by atoms with Crippen LogP contribution in [0.1, 0.15) is 6.42 Å². The van der Waals surface area contributed by atoms with E-state index in [1.54, 1.807) is 7.05 Å². The first-order chi connectivity index (χ1) is 7.22. The molecule has 0 saturated carbocycles. The first kappa shape index (κ1) is 12.5. The summed E-state index contributed by atoms with van der Waals surface area (Å²) in [6, 6.07) is 0. The number of nitrogens with one attached hydrogen (secondary N) is 2. The number of guanidine groups is 1. The van der Waals surface area contributed by atoms with Gasteiger partial charge in [0.05, 0.1) is 6.61 Å². The highest BCUT2D eigenvalue weighted by atomic mass is 79.9. The Bertz CT molecular complexity index is 237. The first-order valence-corrected chi connectivity index (χ1v) is 5.87. The number of rotatable bonds is 4. The van der Waals surface area contributed by atoms with Gasteiger partial charge in [0.25, 0.3) is 0 Å². The smallest absolute Gasteiger partial charge is 0.191 e. The summed E-state index contributed by atoms with van der Waals surface area (Å²) in [6.07, 6.45) is 1.13. The summed E-state index contributed by atoms with van der Waals surface area (Å²) in [7, 11) is 1.76. The molecule has 1 aliphatic rings. The molecule has 2 N–H and O–H groups in total. The highest BCUT2D eigenvalue weighted by molar-refractivity contribution is 9.11. The van der Waals surface area contributed by atoms with Crippen molar-refractivity contribution in [3.05, 3.63) is 11.1 Å². The molecule has 1 unspecified atom stereocenters. The molecule has 4 nitrogen and oxygen atoms in total. The molecule has 1 aliphatic heterocycles. The second-order valence-electron chi connectivity index (χ2n) is 3.55. The molecule has 1 heterocycles. The van der Waals surface area contributed by atoms with Gasteiger partial charge in [0.2, 0.25) is 0 Å². The topological polar surface area (TPSA) is 45.7 Å². The normalized spacial score (nSPS) is 21.5. The van der Waals surface area contributed by atoms with Gasteiger partial charge in [-0.05, 0) is 6.42 Å². The molecular formula is C10H18BrN3O. The largest absolute Gasteiger partial charge is 0.381 e. The summed E-state index contributed by atoms with van der Waals surface area (Å²) in [4.78, 5) is 4.11. The SMILES string of the molecule is C=C(Br)CNC(=NC)NCC1CCOC1. The van der Waals surface area contributed by atoms with Gasteiger partial charge >= 0.3 is 0 Å². The Morgan fingerprint density at radius 1 is 1.60 bits per heavy atom. The third kappa shape index (κ3) is 5.18. The van der Waals surface area contributed by atoms with Crippen LogP contribution in [0.5, 0.6) is 0 Å². The van der Waals surface area contributed by atoms with Crippen molar-refractivity contribution in [1.82, 2.24) is 10.6 Å². The van der Waals surface area contributed by atoms with Gasteiger partial charge in [-0.15, -0.1) is 0 Å². The monoisotopic (exact) mass is 275 g/mol. The molecule has 86 valence electrons. The molecule has 0 aliphatic carbocycles. The van der Waals surface area contributed by atoms with Crippen molar-refractivity contribution in [3.63, 3.8) is 0 Å². The summed E-state index contributed by atoms with van der Waals surface area (Å²) < 4.78 is 6.21. The average Bonchev–Trinajstić information content (AvgIpc) is 2.70. The quantitative estimate of drug-likeness (QED) is 0.597. The maximum Gasteiger partial charge on any atom is 0.191 e. The molecule has 0 aromatic rings. The van der Waals surface area contributed by atoms with Gasteiger partial charge < -0.3 is 15.4 Å². The van der Waals surface area contributed by atoms with Crippen molar-refractivity contribution in [2.45, 2.75) is 6.42 Å². The Morgan fingerprint density at radius 2 is 2.40 bits per heavy atom. The lowest BCUT2D eigenvalue weighted by atomic mass is 10.1. The van der Waals surface area contributed by atoms with Gasteiger partial charge in [-0.3, -0.25) is 4.99 Å². The zero-order valence-corrected chi connectivity index (χ0v) is 10.6. The number of halogens is 1. The molecule has 0 aromatic carbocycles. The summed E-state index contributed by atoms with van der Waals surface area (Å²) >= 11 is 3.29. The average molecular weight is 276 g/mol. The van der Waals surface area contributed by atoms with E-state index in [0.29, 0.717) is 12.5 Å². The van der Waals surface area contributed by atoms with Crippen LogP contribution in [0.15, 0.2) is 16.1 Å². The fourth-order valence-corrected chi connectivity index (χ4v) is 1.53. The number of ether oxygens (including phenoxy) is 1. The molecule has 0 radical (unpaired) electrons. The van der Waals surface area contributed by atoms with E-state index >= 15 is 0 Å². The van der Waals surface area contributed by atoms with Crippen molar-refractivity contribution < 1.29 is 4.74 Å². The second kappa shape index (κ2) is 6.85. The maximum absolute atomic E-state index is 5.30. The Hall–Kier alpha value is -0.550. The maximum atomic E-state index is 5.30. The summed E-state index contributed by atoms with van der Waals surface area (Å²) in [5.74, 6) is 1.42. The van der Waals surface area contributed by atoms with Crippen molar-refractivity contribution in [1.29, 1.82) is 0 Å². The standard InChI is InChI=1S/C10H18BrN3O/c1-8(11)5-13-10(12-2)14-6-9-3-4-15-7-9/h9H,1,3-7H2,2H3,(H2,12,13,14). The van der Waals surface area contributed by atoms with Crippen LogP contribution in [0.4, 0.5) is 0 Å². The molecule has 15 heavy (non-hydrogen) atoms. The third-order valence-corrected chi connectivity index (χ3v) is 2.53. The zero-order valence-electron chi connectivity index (χ0n) is 9.05. The minimum atomic E-state index is 0.607. The van der Waals surface area contributed by atoms with Gasteiger partial charge in [-0.25, -0.2) is 0 Å². The molecule has 0 amide bonds. The molecule has 1 fully saturated rings. The lowest BCUT2D eigenvalue weighted by Crippen LogP contribution is -2.40. The van der Waals surface area contributed by atoms with Crippen LogP contribution in [0, 0.1) is 5.92 Å². The Labute approximate surface area is 99.3 Å². The molecule has 5 heteroatoms. The van der Waals surface area contributed by atoms with Crippen LogP contribution in [-0.2, 0) is 4.74 Å². The number of nitrogens with zero attached hydrogens (tertiary/aromatic N) is 1.